The van der Waals surface area contributed by atoms with Gasteiger partial charge in [0.1, 0.15) is 0 Å². The summed E-state index contributed by atoms with van der Waals surface area (Å²) < 4.78 is 0. The van der Waals surface area contributed by atoms with E-state index in [4.69, 9.17) is 0 Å². The van der Waals surface area contributed by atoms with E-state index in [1.807, 2.05) is 7.05 Å². The average molecular weight is 191 g/mol. The summed E-state index contributed by atoms with van der Waals surface area (Å²) >= 11 is 0. The Bertz CT molecular complexity index is 252. The van der Waals surface area contributed by atoms with Gasteiger partial charge in [0.2, 0.25) is 0 Å². The molecule has 0 aliphatic heterocycles. The molecule has 2 fully saturated rings. The molecule has 2 rings (SSSR count). The Morgan fingerprint density at radius 1 is 1.29 bits per heavy atom. The first kappa shape index (κ1) is 9.82. The van der Waals surface area contributed by atoms with Crippen LogP contribution in [0.2, 0.25) is 0 Å². The van der Waals surface area contributed by atoms with Crippen LogP contribution in [-0.4, -0.2) is 7.05 Å². The van der Waals surface area contributed by atoms with E-state index in [1.165, 1.54) is 25.7 Å². The summed E-state index contributed by atoms with van der Waals surface area (Å²) in [6, 6.07) is 0. The van der Waals surface area contributed by atoms with Crippen molar-refractivity contribution in [1.29, 1.82) is 0 Å². The predicted molar refractivity (Wildman–Crippen MR) is 60.9 cm³/mol. The second kappa shape index (κ2) is 4.20. The number of fused-ring (bicyclic) bond motifs is 2. The molecule has 3 unspecified atom stereocenters. The fraction of sp³-hybridized carbons (Fsp3) is 0.692. The van der Waals surface area contributed by atoms with Gasteiger partial charge in [0.15, 0.2) is 0 Å². The second-order valence-corrected chi connectivity index (χ2v) is 4.69. The Kier molecular flexibility index (Phi) is 2.95. The van der Waals surface area contributed by atoms with E-state index in [0.717, 1.165) is 17.8 Å². The minimum Gasteiger partial charge on any atom is -0.394 e. The third-order valence-electron chi connectivity index (χ3n) is 3.94. The zero-order valence-corrected chi connectivity index (χ0v) is 9.29. The lowest BCUT2D eigenvalue weighted by Gasteiger charge is -2.22. The predicted octanol–water partition coefficient (Wildman–Crippen LogP) is 3.10. The van der Waals surface area contributed by atoms with Crippen LogP contribution in [0.25, 0.3) is 0 Å². The normalized spacial score (nSPS) is 37.0. The van der Waals surface area contributed by atoms with E-state index < -0.39 is 0 Å². The van der Waals surface area contributed by atoms with Crippen LogP contribution < -0.4 is 5.32 Å². The van der Waals surface area contributed by atoms with Gasteiger partial charge in [-0.3, -0.25) is 0 Å². The lowest BCUT2D eigenvalue weighted by Crippen LogP contribution is -2.12. The molecule has 2 aliphatic rings. The highest BCUT2D eigenvalue weighted by molar-refractivity contribution is 5.23. The molecular formula is C13H21N. The van der Waals surface area contributed by atoms with E-state index in [1.54, 1.807) is 5.57 Å². The Morgan fingerprint density at radius 3 is 2.64 bits per heavy atom. The second-order valence-electron chi connectivity index (χ2n) is 4.69. The van der Waals surface area contributed by atoms with Gasteiger partial charge in [0, 0.05) is 7.05 Å². The van der Waals surface area contributed by atoms with Crippen molar-refractivity contribution in [2.45, 2.75) is 32.6 Å². The monoisotopic (exact) mass is 191 g/mol. The molecule has 0 spiro atoms. The smallest absolute Gasteiger partial charge is 0.00277 e. The maximum Gasteiger partial charge on any atom is 0.00277 e. The Labute approximate surface area is 87.3 Å². The molecular weight excluding hydrogens is 170 g/mol. The maximum atomic E-state index is 3.08. The highest BCUT2D eigenvalue weighted by Crippen LogP contribution is 2.51. The van der Waals surface area contributed by atoms with Gasteiger partial charge in [-0.05, 0) is 61.8 Å². The summed E-state index contributed by atoms with van der Waals surface area (Å²) in [6.45, 7) is 2.17. The van der Waals surface area contributed by atoms with Crippen LogP contribution in [0.5, 0.6) is 0 Å². The van der Waals surface area contributed by atoms with Crippen LogP contribution >= 0.6 is 0 Å². The van der Waals surface area contributed by atoms with Gasteiger partial charge in [0.25, 0.3) is 0 Å². The largest absolute Gasteiger partial charge is 0.394 e. The summed E-state index contributed by atoms with van der Waals surface area (Å²) in [5.74, 6) is 2.90. The van der Waals surface area contributed by atoms with Gasteiger partial charge in [-0.2, -0.15) is 0 Å². The molecule has 0 aromatic rings. The summed E-state index contributed by atoms with van der Waals surface area (Å²) in [7, 11) is 1.96. The molecule has 3 atom stereocenters. The van der Waals surface area contributed by atoms with E-state index in [2.05, 4.69) is 30.6 Å². The molecule has 1 N–H and O–H groups in total. The van der Waals surface area contributed by atoms with E-state index in [9.17, 15) is 0 Å². The number of nitrogens with one attached hydrogen (secondary N) is 1. The molecule has 0 radical (unpaired) electrons. The van der Waals surface area contributed by atoms with Gasteiger partial charge in [-0.1, -0.05) is 12.5 Å². The summed E-state index contributed by atoms with van der Waals surface area (Å²) in [5, 5.41) is 3.08. The summed E-state index contributed by atoms with van der Waals surface area (Å²) in [5.41, 5.74) is 1.55. The number of allylic oxidation sites excluding steroid dienone is 3. The van der Waals surface area contributed by atoms with Crippen LogP contribution in [0.3, 0.4) is 0 Å². The highest BCUT2D eigenvalue weighted by Gasteiger charge is 2.40. The molecule has 0 amide bonds. The highest BCUT2D eigenvalue weighted by atomic mass is 14.8. The molecule has 0 saturated heterocycles. The molecule has 78 valence electrons. The fourth-order valence-electron chi connectivity index (χ4n) is 3.27. The Hall–Kier alpha value is -0.720. The third-order valence-corrected chi connectivity index (χ3v) is 3.94. The van der Waals surface area contributed by atoms with Crippen molar-refractivity contribution < 1.29 is 0 Å². The van der Waals surface area contributed by atoms with Gasteiger partial charge in [0.05, 0.1) is 0 Å². The first-order chi connectivity index (χ1) is 6.85. The number of rotatable bonds is 3. The van der Waals surface area contributed by atoms with Gasteiger partial charge >= 0.3 is 0 Å². The minimum atomic E-state index is 0.864. The standard InChI is InChI=1S/C13H21N/c1-3-11(6-7-14-2)13-9-10-4-5-12(13)8-10/h3,6-7,10,12-14H,4-5,8-9H2,1-2H3/b7-6-,11-3-. The van der Waals surface area contributed by atoms with Crippen molar-refractivity contribution in [1.82, 2.24) is 5.32 Å². The molecule has 2 aliphatic carbocycles. The average Bonchev–Trinajstić information content (AvgIpc) is 2.80. The zero-order valence-electron chi connectivity index (χ0n) is 9.29. The van der Waals surface area contributed by atoms with Crippen molar-refractivity contribution in [2.24, 2.45) is 17.8 Å². The SMILES string of the molecule is C/C=C(/C=C\NC)C1CC2CCC1C2. The van der Waals surface area contributed by atoms with E-state index >= 15 is 0 Å². The molecule has 2 saturated carbocycles. The van der Waals surface area contributed by atoms with Gasteiger partial charge in [-0.15, -0.1) is 0 Å². The number of hydrogen-bond acceptors (Lipinski definition) is 1. The van der Waals surface area contributed by atoms with E-state index in [0.29, 0.717) is 0 Å². The molecule has 1 nitrogen and oxygen atoms in total. The molecule has 0 aromatic carbocycles. The van der Waals surface area contributed by atoms with Gasteiger partial charge in [-0.25, -0.2) is 0 Å². The third kappa shape index (κ3) is 1.73. The molecule has 1 heteroatoms. The molecule has 2 bridgehead atoms. The fourth-order valence-corrected chi connectivity index (χ4v) is 3.27. The first-order valence-electron chi connectivity index (χ1n) is 5.85. The summed E-state index contributed by atoms with van der Waals surface area (Å²) in [6.07, 6.45) is 12.5. The summed E-state index contributed by atoms with van der Waals surface area (Å²) in [4.78, 5) is 0. The molecule has 0 aromatic heterocycles. The van der Waals surface area contributed by atoms with Crippen LogP contribution in [-0.2, 0) is 0 Å². The van der Waals surface area contributed by atoms with Crippen LogP contribution in [0.1, 0.15) is 32.6 Å². The van der Waals surface area contributed by atoms with Crippen LogP contribution in [0, 0.1) is 17.8 Å². The topological polar surface area (TPSA) is 12.0 Å². The lowest BCUT2D eigenvalue weighted by molar-refractivity contribution is 0.383. The van der Waals surface area contributed by atoms with E-state index in [-0.39, 0.29) is 0 Å². The van der Waals surface area contributed by atoms with Crippen molar-refractivity contribution in [3.8, 4) is 0 Å². The van der Waals surface area contributed by atoms with Gasteiger partial charge < -0.3 is 5.32 Å². The lowest BCUT2D eigenvalue weighted by atomic mass is 9.83. The van der Waals surface area contributed by atoms with Crippen molar-refractivity contribution >= 4 is 0 Å². The first-order valence-corrected chi connectivity index (χ1v) is 5.85. The molecule has 0 heterocycles. The zero-order chi connectivity index (χ0) is 9.97. The number of hydrogen-bond donors (Lipinski definition) is 1. The van der Waals surface area contributed by atoms with Crippen molar-refractivity contribution in [3.05, 3.63) is 23.9 Å². The molecule has 14 heavy (non-hydrogen) atoms. The van der Waals surface area contributed by atoms with Crippen LogP contribution in [0.15, 0.2) is 23.9 Å². The van der Waals surface area contributed by atoms with Crippen LogP contribution in [0.4, 0.5) is 0 Å². The Balaban J connectivity index is 2.03. The quantitative estimate of drug-likeness (QED) is 0.676. The maximum absolute atomic E-state index is 3.08. The van der Waals surface area contributed by atoms with Crippen molar-refractivity contribution in [2.75, 3.05) is 7.05 Å². The Morgan fingerprint density at radius 2 is 2.14 bits per heavy atom. The van der Waals surface area contributed by atoms with Crippen molar-refractivity contribution in [3.63, 3.8) is 0 Å². The minimum absolute atomic E-state index is 0.864.